The van der Waals surface area contributed by atoms with E-state index in [1.54, 1.807) is 23.1 Å². The van der Waals surface area contributed by atoms with Crippen molar-refractivity contribution in [2.45, 2.75) is 45.2 Å². The molecule has 0 spiro atoms. The predicted octanol–water partition coefficient (Wildman–Crippen LogP) is 4.13. The van der Waals surface area contributed by atoms with Crippen molar-refractivity contribution in [1.82, 2.24) is 10.2 Å². The second-order valence-corrected chi connectivity index (χ2v) is 11.9. The van der Waals surface area contributed by atoms with Crippen molar-refractivity contribution in [2.24, 2.45) is 0 Å². The van der Waals surface area contributed by atoms with Crippen LogP contribution in [0.3, 0.4) is 0 Å². The van der Waals surface area contributed by atoms with Gasteiger partial charge in [0.25, 0.3) is 0 Å². The molecule has 0 fully saturated rings. The lowest BCUT2D eigenvalue weighted by Gasteiger charge is -2.32. The molecule has 1 aliphatic rings. The maximum atomic E-state index is 13.8. The fourth-order valence-electron chi connectivity index (χ4n) is 4.74. The smallest absolute Gasteiger partial charge is 0.243 e. The second-order valence-electron chi connectivity index (χ2n) is 9.98. The number of amides is 2. The number of ether oxygens (including phenoxy) is 2. The molecule has 0 saturated heterocycles. The largest absolute Gasteiger partial charge is 0.454 e. The van der Waals surface area contributed by atoms with Crippen molar-refractivity contribution < 1.29 is 27.5 Å². The number of carbonyl (C=O) groups excluding carboxylic acids is 2. The van der Waals surface area contributed by atoms with Crippen LogP contribution >= 0.6 is 0 Å². The van der Waals surface area contributed by atoms with Crippen LogP contribution in [0.25, 0.3) is 0 Å². The first-order valence-electron chi connectivity index (χ1n) is 13.8. The van der Waals surface area contributed by atoms with Gasteiger partial charge in [-0.05, 0) is 36.1 Å². The highest BCUT2D eigenvalue weighted by molar-refractivity contribution is 7.92. The van der Waals surface area contributed by atoms with Gasteiger partial charge in [0.2, 0.25) is 28.6 Å². The standard InChI is InChI=1S/C31H37N3O6S/c1-3-18-32-31(36)27(20-24-11-6-4-7-12-24)33(22-25-13-8-5-9-14-25)30(35)15-10-19-34(41(2,37)38)26-16-17-28-29(21-26)40-23-39-28/h4-9,11-14,16-17,21,27H,3,10,15,18-20,22-23H2,1-2H3,(H,32,36)/t27-/m0/s1. The van der Waals surface area contributed by atoms with Crippen LogP contribution in [0.2, 0.25) is 0 Å². The quantitative estimate of drug-likeness (QED) is 0.308. The van der Waals surface area contributed by atoms with Gasteiger partial charge in [-0.15, -0.1) is 0 Å². The minimum Gasteiger partial charge on any atom is -0.454 e. The average Bonchev–Trinajstić information content (AvgIpc) is 3.44. The van der Waals surface area contributed by atoms with Crippen molar-refractivity contribution in [1.29, 1.82) is 0 Å². The van der Waals surface area contributed by atoms with E-state index in [0.29, 0.717) is 30.2 Å². The number of hydrogen-bond acceptors (Lipinski definition) is 6. The normalized spacial score (nSPS) is 12.9. The molecule has 1 heterocycles. The maximum Gasteiger partial charge on any atom is 0.243 e. The highest BCUT2D eigenvalue weighted by Crippen LogP contribution is 2.36. The molecule has 4 rings (SSSR count). The first kappa shape index (κ1) is 29.9. The van der Waals surface area contributed by atoms with E-state index in [0.717, 1.165) is 23.8 Å². The molecule has 41 heavy (non-hydrogen) atoms. The lowest BCUT2D eigenvalue weighted by Crippen LogP contribution is -2.50. The summed E-state index contributed by atoms with van der Waals surface area (Å²) in [5, 5.41) is 2.97. The minimum absolute atomic E-state index is 0.0652. The van der Waals surface area contributed by atoms with Gasteiger partial charge in [0, 0.05) is 38.5 Å². The molecule has 0 radical (unpaired) electrons. The van der Waals surface area contributed by atoms with Gasteiger partial charge in [0.1, 0.15) is 6.04 Å². The highest BCUT2D eigenvalue weighted by atomic mass is 32.2. The molecule has 0 aliphatic carbocycles. The van der Waals surface area contributed by atoms with Crippen LogP contribution in [0.15, 0.2) is 78.9 Å². The van der Waals surface area contributed by atoms with Gasteiger partial charge in [-0.25, -0.2) is 8.42 Å². The van der Waals surface area contributed by atoms with E-state index in [9.17, 15) is 18.0 Å². The number of carbonyl (C=O) groups is 2. The number of anilines is 1. The van der Waals surface area contributed by atoms with Gasteiger partial charge in [-0.2, -0.15) is 0 Å². The zero-order valence-electron chi connectivity index (χ0n) is 23.5. The van der Waals surface area contributed by atoms with Crippen molar-refractivity contribution in [3.05, 3.63) is 90.0 Å². The van der Waals surface area contributed by atoms with Gasteiger partial charge < -0.3 is 19.7 Å². The van der Waals surface area contributed by atoms with Crippen LogP contribution in [0, 0.1) is 0 Å². The monoisotopic (exact) mass is 579 g/mol. The van der Waals surface area contributed by atoms with Crippen LogP contribution in [0.4, 0.5) is 5.69 Å². The molecule has 1 atom stereocenters. The van der Waals surface area contributed by atoms with E-state index in [-0.39, 0.29) is 44.5 Å². The lowest BCUT2D eigenvalue weighted by atomic mass is 10.0. The van der Waals surface area contributed by atoms with Crippen molar-refractivity contribution in [3.63, 3.8) is 0 Å². The van der Waals surface area contributed by atoms with E-state index >= 15 is 0 Å². The number of nitrogens with zero attached hydrogens (tertiary/aromatic N) is 2. The van der Waals surface area contributed by atoms with Crippen LogP contribution in [-0.4, -0.2) is 57.3 Å². The second kappa shape index (κ2) is 14.0. The Hall–Kier alpha value is -4.05. The molecule has 3 aromatic carbocycles. The Balaban J connectivity index is 1.54. The zero-order valence-corrected chi connectivity index (χ0v) is 24.3. The average molecular weight is 580 g/mol. The van der Waals surface area contributed by atoms with Crippen molar-refractivity contribution in [3.8, 4) is 11.5 Å². The Morgan fingerprint density at radius 2 is 1.59 bits per heavy atom. The fraction of sp³-hybridized carbons (Fsp3) is 0.355. The van der Waals surface area contributed by atoms with E-state index < -0.39 is 16.1 Å². The van der Waals surface area contributed by atoms with E-state index in [1.165, 1.54) is 4.31 Å². The van der Waals surface area contributed by atoms with Crippen LogP contribution in [-0.2, 0) is 32.6 Å². The summed E-state index contributed by atoms with van der Waals surface area (Å²) < 4.78 is 37.4. The van der Waals surface area contributed by atoms with Crippen LogP contribution < -0.4 is 19.1 Å². The number of nitrogens with one attached hydrogen (secondary N) is 1. The van der Waals surface area contributed by atoms with Gasteiger partial charge in [0.05, 0.1) is 11.9 Å². The Kier molecular flexibility index (Phi) is 10.2. The summed E-state index contributed by atoms with van der Waals surface area (Å²) in [6.45, 7) is 2.92. The summed E-state index contributed by atoms with van der Waals surface area (Å²) in [6.07, 6.45) is 2.60. The molecule has 0 unspecified atom stereocenters. The molecule has 1 N–H and O–H groups in total. The molecule has 9 nitrogen and oxygen atoms in total. The summed E-state index contributed by atoms with van der Waals surface area (Å²) in [4.78, 5) is 28.9. The third-order valence-corrected chi connectivity index (χ3v) is 8.01. The first-order valence-corrected chi connectivity index (χ1v) is 15.6. The predicted molar refractivity (Wildman–Crippen MR) is 158 cm³/mol. The maximum absolute atomic E-state index is 13.8. The third kappa shape index (κ3) is 8.23. The summed E-state index contributed by atoms with van der Waals surface area (Å²) in [5.74, 6) is 0.599. The van der Waals surface area contributed by atoms with Crippen molar-refractivity contribution in [2.75, 3.05) is 30.4 Å². The molecule has 218 valence electrons. The molecule has 0 bridgehead atoms. The Bertz CT molecular complexity index is 1420. The minimum atomic E-state index is -3.63. The van der Waals surface area contributed by atoms with E-state index in [2.05, 4.69) is 5.32 Å². The Morgan fingerprint density at radius 3 is 2.24 bits per heavy atom. The number of fused-ring (bicyclic) bond motifs is 1. The van der Waals surface area contributed by atoms with Crippen molar-refractivity contribution >= 4 is 27.5 Å². The fourth-order valence-corrected chi connectivity index (χ4v) is 5.70. The summed E-state index contributed by atoms with van der Waals surface area (Å²) in [7, 11) is -3.63. The number of sulfonamides is 1. The number of rotatable bonds is 14. The first-order chi connectivity index (χ1) is 19.8. The van der Waals surface area contributed by atoms with E-state index in [1.807, 2.05) is 67.6 Å². The Labute approximate surface area is 242 Å². The molecular formula is C31H37N3O6S. The molecule has 1 aliphatic heterocycles. The molecule has 10 heteroatoms. The van der Waals surface area contributed by atoms with Gasteiger partial charge >= 0.3 is 0 Å². The van der Waals surface area contributed by atoms with Gasteiger partial charge in [-0.1, -0.05) is 67.6 Å². The summed E-state index contributed by atoms with van der Waals surface area (Å²) in [6, 6.07) is 23.4. The summed E-state index contributed by atoms with van der Waals surface area (Å²) in [5.41, 5.74) is 2.28. The van der Waals surface area contributed by atoms with Crippen LogP contribution in [0.1, 0.15) is 37.3 Å². The highest BCUT2D eigenvalue weighted by Gasteiger charge is 2.30. The van der Waals surface area contributed by atoms with Crippen LogP contribution in [0.5, 0.6) is 11.5 Å². The Morgan fingerprint density at radius 1 is 0.927 bits per heavy atom. The number of benzene rings is 3. The van der Waals surface area contributed by atoms with Gasteiger partial charge in [0.15, 0.2) is 11.5 Å². The number of hydrogen-bond donors (Lipinski definition) is 1. The molecule has 3 aromatic rings. The topological polar surface area (TPSA) is 105 Å². The molecule has 2 amide bonds. The summed E-state index contributed by atoms with van der Waals surface area (Å²) >= 11 is 0. The van der Waals surface area contributed by atoms with E-state index in [4.69, 9.17) is 9.47 Å². The van der Waals surface area contributed by atoms with Gasteiger partial charge in [-0.3, -0.25) is 13.9 Å². The third-order valence-electron chi connectivity index (χ3n) is 6.81. The molecule has 0 aromatic heterocycles. The molecular weight excluding hydrogens is 542 g/mol. The SMILES string of the molecule is CCCNC(=O)[C@H](Cc1ccccc1)N(Cc1ccccc1)C(=O)CCCN(c1ccc2c(c1)OCO2)S(C)(=O)=O. The zero-order chi connectivity index (χ0) is 29.2. The lowest BCUT2D eigenvalue weighted by molar-refractivity contribution is -0.141. The molecule has 0 saturated carbocycles.